The Morgan fingerprint density at radius 3 is 2.60 bits per heavy atom. The molecule has 4 rings (SSSR count). The van der Waals surface area contributed by atoms with E-state index >= 15 is 0 Å². The summed E-state index contributed by atoms with van der Waals surface area (Å²) in [6.07, 6.45) is 5.22. The predicted octanol–water partition coefficient (Wildman–Crippen LogP) is 3.07. The van der Waals surface area contributed by atoms with Crippen LogP contribution >= 0.6 is 0 Å². The molecule has 0 spiro atoms. The molecule has 0 bridgehead atoms. The normalized spacial score (nSPS) is 18.6. The number of aromatic nitrogens is 2. The molecule has 104 valence electrons. The van der Waals surface area contributed by atoms with Crippen molar-refractivity contribution in [2.75, 3.05) is 5.32 Å². The smallest absolute Gasteiger partial charge is 0.271 e. The molecule has 0 unspecified atom stereocenters. The maximum Gasteiger partial charge on any atom is 0.271 e. The summed E-state index contributed by atoms with van der Waals surface area (Å²) in [4.78, 5) is 18.0. The van der Waals surface area contributed by atoms with Crippen molar-refractivity contribution in [3.05, 3.63) is 28.3 Å². The number of nitrogens with one attached hydrogen (secondary N) is 2. The first-order chi connectivity index (χ1) is 9.70. The Kier molecular flexibility index (Phi) is 2.45. The van der Waals surface area contributed by atoms with E-state index in [2.05, 4.69) is 15.3 Å². The Hall–Kier alpha value is -2.11. The topological polar surface area (TPSA) is 83.8 Å². The van der Waals surface area contributed by atoms with Crippen LogP contribution in [0.5, 0.6) is 0 Å². The van der Waals surface area contributed by atoms with E-state index in [0.717, 1.165) is 23.3 Å². The number of nitro benzene ring substituents is 1. The van der Waals surface area contributed by atoms with E-state index in [1.165, 1.54) is 37.8 Å². The number of hydrogen-bond acceptors (Lipinski definition) is 4. The third-order valence-electron chi connectivity index (χ3n) is 4.24. The maximum absolute atomic E-state index is 10.8. The summed E-state index contributed by atoms with van der Waals surface area (Å²) in [5.74, 6) is 2.30. The third kappa shape index (κ3) is 2.11. The van der Waals surface area contributed by atoms with Gasteiger partial charge in [-0.25, -0.2) is 4.98 Å². The Labute approximate surface area is 115 Å². The average Bonchev–Trinajstić information content (AvgIpc) is 3.32. The highest BCUT2D eigenvalue weighted by Gasteiger charge is 2.41. The van der Waals surface area contributed by atoms with Gasteiger partial charge in [-0.1, -0.05) is 0 Å². The SMILES string of the molecule is O=[N+]([O-])c1ccc2nc(NC(C3CC3)C3CC3)[nH]c2c1. The Morgan fingerprint density at radius 1 is 1.30 bits per heavy atom. The minimum absolute atomic E-state index is 0.0913. The van der Waals surface area contributed by atoms with Crippen LogP contribution in [0.3, 0.4) is 0 Å². The van der Waals surface area contributed by atoms with Crippen molar-refractivity contribution >= 4 is 22.7 Å². The molecule has 1 heterocycles. The molecule has 20 heavy (non-hydrogen) atoms. The fourth-order valence-electron chi connectivity index (χ4n) is 2.87. The van der Waals surface area contributed by atoms with Gasteiger partial charge in [0.1, 0.15) is 0 Å². The van der Waals surface area contributed by atoms with Crippen molar-refractivity contribution in [3.63, 3.8) is 0 Å². The van der Waals surface area contributed by atoms with E-state index < -0.39 is 0 Å². The standard InChI is InChI=1S/C14H16N4O2/c19-18(20)10-5-6-11-12(7-10)16-14(15-11)17-13(8-1-2-8)9-3-4-9/h5-9,13H,1-4H2,(H2,15,16,17). The van der Waals surface area contributed by atoms with E-state index in [1.807, 2.05) is 0 Å². The number of hydrogen-bond donors (Lipinski definition) is 2. The number of nitrogens with zero attached hydrogens (tertiary/aromatic N) is 2. The average molecular weight is 272 g/mol. The Bertz CT molecular complexity index is 661. The fraction of sp³-hybridized carbons (Fsp3) is 0.500. The van der Waals surface area contributed by atoms with Crippen LogP contribution in [0, 0.1) is 22.0 Å². The molecular weight excluding hydrogens is 256 g/mol. The first-order valence-corrected chi connectivity index (χ1v) is 7.11. The molecule has 0 amide bonds. The highest BCUT2D eigenvalue weighted by molar-refractivity contribution is 5.79. The quantitative estimate of drug-likeness (QED) is 0.647. The first-order valence-electron chi connectivity index (χ1n) is 7.11. The molecule has 2 aliphatic carbocycles. The van der Waals surface area contributed by atoms with Crippen molar-refractivity contribution in [3.8, 4) is 0 Å². The van der Waals surface area contributed by atoms with Gasteiger partial charge in [0.2, 0.25) is 5.95 Å². The highest BCUT2D eigenvalue weighted by atomic mass is 16.6. The molecule has 0 aliphatic heterocycles. The van der Waals surface area contributed by atoms with Gasteiger partial charge in [0.15, 0.2) is 0 Å². The number of non-ortho nitro benzene ring substituents is 1. The zero-order valence-electron chi connectivity index (χ0n) is 11.0. The minimum atomic E-state index is -0.384. The summed E-state index contributed by atoms with van der Waals surface area (Å²) in [6.45, 7) is 0. The number of imidazole rings is 1. The molecule has 6 nitrogen and oxygen atoms in total. The van der Waals surface area contributed by atoms with Crippen LogP contribution in [0.25, 0.3) is 11.0 Å². The van der Waals surface area contributed by atoms with Gasteiger partial charge in [-0.3, -0.25) is 10.1 Å². The number of H-pyrrole nitrogens is 1. The molecule has 1 aromatic carbocycles. The number of fused-ring (bicyclic) bond motifs is 1. The summed E-state index contributed by atoms with van der Waals surface area (Å²) in [5, 5.41) is 14.3. The number of aromatic amines is 1. The second-order valence-corrected chi connectivity index (χ2v) is 5.89. The molecule has 1 aromatic heterocycles. The van der Waals surface area contributed by atoms with Gasteiger partial charge in [-0.15, -0.1) is 0 Å². The largest absolute Gasteiger partial charge is 0.353 e. The van der Waals surface area contributed by atoms with E-state index in [-0.39, 0.29) is 10.6 Å². The van der Waals surface area contributed by atoms with Crippen LogP contribution in [-0.2, 0) is 0 Å². The zero-order chi connectivity index (χ0) is 13.7. The second-order valence-electron chi connectivity index (χ2n) is 5.89. The summed E-state index contributed by atoms with van der Waals surface area (Å²) in [5.41, 5.74) is 1.57. The highest BCUT2D eigenvalue weighted by Crippen LogP contribution is 2.45. The van der Waals surface area contributed by atoms with Crippen molar-refractivity contribution < 1.29 is 4.92 Å². The molecule has 2 aromatic rings. The summed E-state index contributed by atoms with van der Waals surface area (Å²) >= 11 is 0. The minimum Gasteiger partial charge on any atom is -0.353 e. The van der Waals surface area contributed by atoms with Crippen LogP contribution in [0.2, 0.25) is 0 Å². The van der Waals surface area contributed by atoms with Gasteiger partial charge >= 0.3 is 0 Å². The van der Waals surface area contributed by atoms with Crippen molar-refractivity contribution in [2.24, 2.45) is 11.8 Å². The lowest BCUT2D eigenvalue weighted by molar-refractivity contribution is -0.384. The van der Waals surface area contributed by atoms with Gasteiger partial charge in [0, 0.05) is 18.2 Å². The Morgan fingerprint density at radius 2 is 2.00 bits per heavy atom. The lowest BCUT2D eigenvalue weighted by atomic mass is 10.1. The molecule has 0 atom stereocenters. The van der Waals surface area contributed by atoms with Crippen LogP contribution in [0.15, 0.2) is 18.2 Å². The summed E-state index contributed by atoms with van der Waals surface area (Å²) in [6, 6.07) is 5.24. The number of benzene rings is 1. The van der Waals surface area contributed by atoms with E-state index in [0.29, 0.717) is 11.6 Å². The molecule has 0 radical (unpaired) electrons. The maximum atomic E-state index is 10.8. The van der Waals surface area contributed by atoms with Crippen molar-refractivity contribution in [1.29, 1.82) is 0 Å². The first kappa shape index (κ1) is 11.7. The van der Waals surface area contributed by atoms with Crippen molar-refractivity contribution in [2.45, 2.75) is 31.7 Å². The van der Waals surface area contributed by atoms with Crippen LogP contribution in [0.1, 0.15) is 25.7 Å². The van der Waals surface area contributed by atoms with Gasteiger partial charge < -0.3 is 10.3 Å². The van der Waals surface area contributed by atoms with E-state index in [9.17, 15) is 10.1 Å². The summed E-state index contributed by atoms with van der Waals surface area (Å²) < 4.78 is 0. The molecule has 2 saturated carbocycles. The van der Waals surface area contributed by atoms with Crippen molar-refractivity contribution in [1.82, 2.24) is 9.97 Å². The number of nitro groups is 1. The number of anilines is 1. The molecule has 2 N–H and O–H groups in total. The molecule has 6 heteroatoms. The summed E-state index contributed by atoms with van der Waals surface area (Å²) in [7, 11) is 0. The monoisotopic (exact) mass is 272 g/mol. The van der Waals surface area contributed by atoms with Crippen LogP contribution in [-0.4, -0.2) is 20.9 Å². The molecular formula is C14H16N4O2. The van der Waals surface area contributed by atoms with Gasteiger partial charge in [0.25, 0.3) is 5.69 Å². The lowest BCUT2D eigenvalue weighted by Crippen LogP contribution is -2.24. The second kappa shape index (κ2) is 4.19. The number of rotatable bonds is 5. The fourth-order valence-corrected chi connectivity index (χ4v) is 2.87. The molecule has 2 fully saturated rings. The zero-order valence-corrected chi connectivity index (χ0v) is 11.0. The Balaban J connectivity index is 1.61. The lowest BCUT2D eigenvalue weighted by Gasteiger charge is -2.16. The molecule has 0 saturated heterocycles. The predicted molar refractivity (Wildman–Crippen MR) is 75.6 cm³/mol. The third-order valence-corrected chi connectivity index (χ3v) is 4.24. The van der Waals surface area contributed by atoms with Gasteiger partial charge in [-0.2, -0.15) is 0 Å². The van der Waals surface area contributed by atoms with Crippen LogP contribution < -0.4 is 5.32 Å². The van der Waals surface area contributed by atoms with Crippen LogP contribution in [0.4, 0.5) is 11.6 Å². The van der Waals surface area contributed by atoms with Gasteiger partial charge in [0.05, 0.1) is 16.0 Å². The van der Waals surface area contributed by atoms with Gasteiger partial charge in [-0.05, 0) is 43.6 Å². The van der Waals surface area contributed by atoms with E-state index in [1.54, 1.807) is 6.07 Å². The van der Waals surface area contributed by atoms with E-state index in [4.69, 9.17) is 0 Å². The molecule has 2 aliphatic rings.